The summed E-state index contributed by atoms with van der Waals surface area (Å²) < 4.78 is 11.9. The number of rotatable bonds is 6. The van der Waals surface area contributed by atoms with Crippen LogP contribution >= 0.6 is 22.6 Å². The van der Waals surface area contributed by atoms with Crippen LogP contribution in [0.4, 0.5) is 10.5 Å². The SMILES string of the molecule is CCCOc1c(I)cc(/C=C2\C(=O)NC(=O)N(c3ccc(C)cc3)C2=O)cc1OC. The molecule has 8 heteroatoms. The van der Waals surface area contributed by atoms with Crippen LogP contribution in [0.5, 0.6) is 11.5 Å². The highest BCUT2D eigenvalue weighted by Crippen LogP contribution is 2.35. The van der Waals surface area contributed by atoms with Gasteiger partial charge in [0.2, 0.25) is 0 Å². The van der Waals surface area contributed by atoms with Gasteiger partial charge in [0.05, 0.1) is 23.0 Å². The number of ether oxygens (including phenoxy) is 2. The summed E-state index contributed by atoms with van der Waals surface area (Å²) in [5, 5.41) is 2.23. The molecule has 0 atom stereocenters. The molecule has 1 aliphatic rings. The lowest BCUT2D eigenvalue weighted by molar-refractivity contribution is -0.122. The summed E-state index contributed by atoms with van der Waals surface area (Å²) in [6.07, 6.45) is 2.29. The highest BCUT2D eigenvalue weighted by Gasteiger charge is 2.36. The second-order valence-electron chi connectivity index (χ2n) is 6.68. The number of carbonyl (C=O) groups excluding carboxylic acids is 3. The van der Waals surface area contributed by atoms with Crippen molar-refractivity contribution in [3.8, 4) is 11.5 Å². The van der Waals surface area contributed by atoms with E-state index in [1.807, 2.05) is 13.8 Å². The summed E-state index contributed by atoms with van der Waals surface area (Å²) in [7, 11) is 1.53. The zero-order valence-corrected chi connectivity index (χ0v) is 19.0. The minimum atomic E-state index is -0.776. The second-order valence-corrected chi connectivity index (χ2v) is 7.84. The topological polar surface area (TPSA) is 84.9 Å². The van der Waals surface area contributed by atoms with Crippen molar-refractivity contribution in [3.63, 3.8) is 0 Å². The van der Waals surface area contributed by atoms with Gasteiger partial charge in [0.1, 0.15) is 5.57 Å². The minimum Gasteiger partial charge on any atom is -0.493 e. The number of nitrogens with zero attached hydrogens (tertiary/aromatic N) is 1. The van der Waals surface area contributed by atoms with Gasteiger partial charge in [-0.2, -0.15) is 0 Å². The van der Waals surface area contributed by atoms with E-state index >= 15 is 0 Å². The fourth-order valence-electron chi connectivity index (χ4n) is 2.92. The Labute approximate surface area is 188 Å². The molecule has 1 saturated heterocycles. The maximum absolute atomic E-state index is 13.0. The van der Waals surface area contributed by atoms with E-state index in [4.69, 9.17) is 9.47 Å². The summed E-state index contributed by atoms with van der Waals surface area (Å²) in [5.74, 6) is -0.322. The van der Waals surface area contributed by atoms with E-state index in [-0.39, 0.29) is 5.57 Å². The molecular weight excluding hydrogens is 499 g/mol. The average Bonchev–Trinajstić information content (AvgIpc) is 2.71. The molecular formula is C22H21IN2O5. The van der Waals surface area contributed by atoms with Crippen molar-refractivity contribution in [2.75, 3.05) is 18.6 Å². The predicted molar refractivity (Wildman–Crippen MR) is 122 cm³/mol. The number of urea groups is 1. The number of methoxy groups -OCH3 is 1. The van der Waals surface area contributed by atoms with Crippen molar-refractivity contribution in [3.05, 3.63) is 56.7 Å². The Morgan fingerprint density at radius 2 is 1.83 bits per heavy atom. The number of carbonyl (C=O) groups is 3. The summed E-state index contributed by atoms with van der Waals surface area (Å²) in [5.41, 5.74) is 1.81. The van der Waals surface area contributed by atoms with E-state index in [1.165, 1.54) is 13.2 Å². The third kappa shape index (κ3) is 4.48. The molecule has 0 spiro atoms. The summed E-state index contributed by atoms with van der Waals surface area (Å²) in [4.78, 5) is 38.7. The highest BCUT2D eigenvalue weighted by molar-refractivity contribution is 14.1. The van der Waals surface area contributed by atoms with Crippen LogP contribution in [0, 0.1) is 10.5 Å². The third-order valence-electron chi connectivity index (χ3n) is 4.41. The Morgan fingerprint density at radius 1 is 1.13 bits per heavy atom. The Hall–Kier alpha value is -2.88. The van der Waals surface area contributed by atoms with Crippen molar-refractivity contribution < 1.29 is 23.9 Å². The van der Waals surface area contributed by atoms with Crippen LogP contribution in [0.15, 0.2) is 42.0 Å². The van der Waals surface area contributed by atoms with Crippen molar-refractivity contribution >= 4 is 52.2 Å². The lowest BCUT2D eigenvalue weighted by Gasteiger charge is -2.26. The Morgan fingerprint density at radius 3 is 2.47 bits per heavy atom. The van der Waals surface area contributed by atoms with Crippen molar-refractivity contribution in [2.45, 2.75) is 20.3 Å². The van der Waals surface area contributed by atoms with Gasteiger partial charge in [0.25, 0.3) is 11.8 Å². The molecule has 1 N–H and O–H groups in total. The van der Waals surface area contributed by atoms with E-state index in [9.17, 15) is 14.4 Å². The number of benzene rings is 2. The molecule has 2 aromatic rings. The molecule has 0 saturated carbocycles. The zero-order valence-electron chi connectivity index (χ0n) is 16.8. The van der Waals surface area contributed by atoms with Crippen LogP contribution in [0.1, 0.15) is 24.5 Å². The van der Waals surface area contributed by atoms with Gasteiger partial charge < -0.3 is 9.47 Å². The Bertz CT molecular complexity index is 1030. The maximum Gasteiger partial charge on any atom is 0.335 e. The van der Waals surface area contributed by atoms with Gasteiger partial charge in [-0.25, -0.2) is 9.69 Å². The van der Waals surface area contributed by atoms with Gasteiger partial charge >= 0.3 is 6.03 Å². The lowest BCUT2D eigenvalue weighted by atomic mass is 10.1. The molecule has 1 heterocycles. The summed E-state index contributed by atoms with van der Waals surface area (Å²) in [6.45, 7) is 4.45. The molecule has 0 radical (unpaired) electrons. The molecule has 30 heavy (non-hydrogen) atoms. The number of aryl methyl sites for hydroxylation is 1. The number of barbiturate groups is 1. The van der Waals surface area contributed by atoms with E-state index in [2.05, 4.69) is 27.9 Å². The van der Waals surface area contributed by atoms with E-state index in [0.717, 1.165) is 20.5 Å². The molecule has 0 bridgehead atoms. The molecule has 0 aromatic heterocycles. The number of hydrogen-bond donors (Lipinski definition) is 1. The molecule has 1 aliphatic heterocycles. The first kappa shape index (κ1) is 21.8. The fourth-order valence-corrected chi connectivity index (χ4v) is 3.70. The maximum atomic E-state index is 13.0. The summed E-state index contributed by atoms with van der Waals surface area (Å²) >= 11 is 2.11. The van der Waals surface area contributed by atoms with Crippen LogP contribution in [-0.4, -0.2) is 31.6 Å². The standard InChI is InChI=1S/C22H21IN2O5/c1-4-9-30-19-17(23)11-14(12-18(19)29-3)10-16-20(26)24-22(28)25(21(16)27)15-7-5-13(2)6-8-15/h5-8,10-12H,4,9H2,1-3H3,(H,24,26,28)/b16-10+. The summed E-state index contributed by atoms with van der Waals surface area (Å²) in [6, 6.07) is 9.59. The van der Waals surface area contributed by atoms with E-state index in [0.29, 0.717) is 29.4 Å². The number of hydrogen-bond acceptors (Lipinski definition) is 5. The Kier molecular flexibility index (Phi) is 6.76. The molecule has 7 nitrogen and oxygen atoms in total. The fraction of sp³-hybridized carbons (Fsp3) is 0.227. The van der Waals surface area contributed by atoms with Crippen LogP contribution < -0.4 is 19.7 Å². The minimum absolute atomic E-state index is 0.143. The third-order valence-corrected chi connectivity index (χ3v) is 5.21. The van der Waals surface area contributed by atoms with Crippen molar-refractivity contribution in [1.82, 2.24) is 5.32 Å². The van der Waals surface area contributed by atoms with Gasteiger partial charge in [0, 0.05) is 0 Å². The highest BCUT2D eigenvalue weighted by atomic mass is 127. The lowest BCUT2D eigenvalue weighted by Crippen LogP contribution is -2.54. The Balaban J connectivity index is 2.00. The van der Waals surface area contributed by atoms with Crippen LogP contribution in [0.25, 0.3) is 6.08 Å². The number of imide groups is 2. The van der Waals surface area contributed by atoms with Crippen molar-refractivity contribution in [1.29, 1.82) is 0 Å². The molecule has 0 aliphatic carbocycles. The number of amides is 4. The van der Waals surface area contributed by atoms with Crippen LogP contribution in [0.3, 0.4) is 0 Å². The number of halogens is 1. The van der Waals surface area contributed by atoms with Gasteiger partial charge in [-0.1, -0.05) is 24.6 Å². The van der Waals surface area contributed by atoms with Crippen molar-refractivity contribution in [2.24, 2.45) is 0 Å². The number of nitrogens with one attached hydrogen (secondary N) is 1. The average molecular weight is 520 g/mol. The largest absolute Gasteiger partial charge is 0.493 e. The van der Waals surface area contributed by atoms with Gasteiger partial charge in [-0.15, -0.1) is 0 Å². The first-order chi connectivity index (χ1) is 14.3. The molecule has 1 fully saturated rings. The normalized spacial score (nSPS) is 15.4. The first-order valence-corrected chi connectivity index (χ1v) is 10.4. The first-order valence-electron chi connectivity index (χ1n) is 9.34. The van der Waals surface area contributed by atoms with E-state index < -0.39 is 17.8 Å². The molecule has 2 aromatic carbocycles. The number of anilines is 1. The molecule has 4 amide bonds. The van der Waals surface area contributed by atoms with E-state index in [1.54, 1.807) is 36.4 Å². The smallest absolute Gasteiger partial charge is 0.335 e. The molecule has 3 rings (SSSR count). The van der Waals surface area contributed by atoms with Gasteiger partial charge in [-0.3, -0.25) is 14.9 Å². The van der Waals surface area contributed by atoms with Crippen LogP contribution in [0.2, 0.25) is 0 Å². The van der Waals surface area contributed by atoms with Gasteiger partial charge in [-0.05, 0) is 71.8 Å². The predicted octanol–water partition coefficient (Wildman–Crippen LogP) is 4.06. The van der Waals surface area contributed by atoms with Crippen LogP contribution in [-0.2, 0) is 9.59 Å². The van der Waals surface area contributed by atoms with Gasteiger partial charge in [0.15, 0.2) is 11.5 Å². The molecule has 156 valence electrons. The second kappa shape index (κ2) is 9.29. The zero-order chi connectivity index (χ0) is 21.8. The molecule has 0 unspecified atom stereocenters. The monoisotopic (exact) mass is 520 g/mol. The quantitative estimate of drug-likeness (QED) is 0.353.